The van der Waals surface area contributed by atoms with Gasteiger partial charge in [0.2, 0.25) is 5.95 Å². The Morgan fingerprint density at radius 2 is 0.643 bits per heavy atom. The van der Waals surface area contributed by atoms with Gasteiger partial charge >= 0.3 is 0 Å². The average molecular weight is 716 g/mol. The predicted octanol–water partition coefficient (Wildman–Crippen LogP) is 12.7. The lowest BCUT2D eigenvalue weighted by Gasteiger charge is -2.14. The Balaban J connectivity index is 1.06. The first-order valence-corrected chi connectivity index (χ1v) is 18.9. The van der Waals surface area contributed by atoms with Crippen molar-refractivity contribution in [3.8, 4) is 56.7 Å². The Kier molecular flexibility index (Phi) is 7.42. The highest BCUT2D eigenvalue weighted by Gasteiger charge is 2.19. The Labute approximate surface area is 323 Å². The first-order valence-electron chi connectivity index (χ1n) is 18.9. The van der Waals surface area contributed by atoms with Gasteiger partial charge in [0.15, 0.2) is 11.6 Å². The van der Waals surface area contributed by atoms with Crippen molar-refractivity contribution in [3.63, 3.8) is 0 Å². The van der Waals surface area contributed by atoms with Crippen LogP contribution >= 0.6 is 0 Å². The molecule has 0 atom stereocenters. The van der Waals surface area contributed by atoms with Crippen molar-refractivity contribution >= 4 is 43.6 Å². The molecule has 0 aliphatic carbocycles. The minimum Gasteiger partial charge on any atom is -0.309 e. The second kappa shape index (κ2) is 13.0. The lowest BCUT2D eigenvalue weighted by molar-refractivity contribution is 0.953. The van der Waals surface area contributed by atoms with E-state index >= 15 is 0 Å². The van der Waals surface area contributed by atoms with Gasteiger partial charge in [-0.1, -0.05) is 170 Å². The molecular formula is C51H33N5. The SMILES string of the molecule is c1ccc(-c2ccc(-c3nc(-c4ccc(-c5ccccc5-n5c6ccccc6c6ccccc65)cc4)nc(-n4c5ccccc5c5ccccc54)n3)cc2)cc1. The van der Waals surface area contributed by atoms with Crippen LogP contribution in [0, 0.1) is 0 Å². The standard InChI is InChI=1S/C51H33N5/c1-2-14-34(15-3-1)35-26-30-37(31-27-35)49-52-50(54-51(53-49)56-47-24-12-7-19-42(47)43-20-8-13-25-48(43)56)38-32-28-36(29-33-38)39-16-4-9-21-44(39)55-45-22-10-5-17-40(45)41-18-6-11-23-46(41)55/h1-33H. The van der Waals surface area contributed by atoms with Crippen molar-refractivity contribution in [3.05, 3.63) is 200 Å². The highest BCUT2D eigenvalue weighted by molar-refractivity contribution is 6.10. The van der Waals surface area contributed by atoms with Crippen LogP contribution < -0.4 is 0 Å². The zero-order chi connectivity index (χ0) is 37.0. The molecule has 5 heteroatoms. The van der Waals surface area contributed by atoms with Gasteiger partial charge in [0.1, 0.15) is 0 Å². The summed E-state index contributed by atoms with van der Waals surface area (Å²) in [6.45, 7) is 0. The molecule has 0 bridgehead atoms. The molecule has 11 rings (SSSR count). The van der Waals surface area contributed by atoms with Gasteiger partial charge in [-0.25, -0.2) is 4.98 Å². The van der Waals surface area contributed by atoms with Gasteiger partial charge in [-0.05, 0) is 47.0 Å². The first kappa shape index (κ1) is 31.9. The molecule has 0 aliphatic rings. The quantitative estimate of drug-likeness (QED) is 0.172. The summed E-state index contributed by atoms with van der Waals surface area (Å²) >= 11 is 0. The lowest BCUT2D eigenvalue weighted by atomic mass is 10.0. The van der Waals surface area contributed by atoms with Gasteiger partial charge in [-0.15, -0.1) is 0 Å². The van der Waals surface area contributed by atoms with Gasteiger partial charge in [0.05, 0.1) is 27.8 Å². The third-order valence-corrected chi connectivity index (χ3v) is 10.8. The summed E-state index contributed by atoms with van der Waals surface area (Å²) in [6, 6.07) is 70.3. The molecule has 0 saturated heterocycles. The zero-order valence-electron chi connectivity index (χ0n) is 30.3. The van der Waals surface area contributed by atoms with Crippen LogP contribution in [0.4, 0.5) is 0 Å². The predicted molar refractivity (Wildman–Crippen MR) is 230 cm³/mol. The molecule has 0 N–H and O–H groups in total. The van der Waals surface area contributed by atoms with E-state index in [1.54, 1.807) is 0 Å². The summed E-state index contributed by atoms with van der Waals surface area (Å²) in [6.07, 6.45) is 0. The fourth-order valence-electron chi connectivity index (χ4n) is 8.20. The molecule has 8 aromatic carbocycles. The largest absolute Gasteiger partial charge is 0.309 e. The number of hydrogen-bond donors (Lipinski definition) is 0. The van der Waals surface area contributed by atoms with E-state index in [4.69, 9.17) is 15.0 Å². The zero-order valence-corrected chi connectivity index (χ0v) is 30.3. The number of fused-ring (bicyclic) bond motifs is 6. The first-order chi connectivity index (χ1) is 27.8. The molecule has 0 unspecified atom stereocenters. The van der Waals surface area contributed by atoms with Crippen molar-refractivity contribution in [1.29, 1.82) is 0 Å². The number of rotatable bonds is 6. The summed E-state index contributed by atoms with van der Waals surface area (Å²) in [5.41, 5.74) is 12.0. The molecule has 3 aromatic heterocycles. The van der Waals surface area contributed by atoms with Crippen molar-refractivity contribution in [2.75, 3.05) is 0 Å². The van der Waals surface area contributed by atoms with Crippen LogP contribution in [0.25, 0.3) is 100 Å². The van der Waals surface area contributed by atoms with E-state index in [9.17, 15) is 0 Å². The monoisotopic (exact) mass is 715 g/mol. The van der Waals surface area contributed by atoms with Gasteiger partial charge in [-0.3, -0.25) is 4.57 Å². The summed E-state index contributed by atoms with van der Waals surface area (Å²) < 4.78 is 4.54. The van der Waals surface area contributed by atoms with Crippen LogP contribution in [-0.2, 0) is 0 Å². The van der Waals surface area contributed by atoms with Crippen LogP contribution in [0.1, 0.15) is 0 Å². The second-order valence-electron chi connectivity index (χ2n) is 14.1. The maximum Gasteiger partial charge on any atom is 0.238 e. The molecule has 262 valence electrons. The highest BCUT2D eigenvalue weighted by atomic mass is 15.2. The molecule has 3 heterocycles. The Morgan fingerprint density at radius 1 is 0.268 bits per heavy atom. The molecule has 56 heavy (non-hydrogen) atoms. The molecule has 0 radical (unpaired) electrons. The lowest BCUT2D eigenvalue weighted by Crippen LogP contribution is -2.06. The van der Waals surface area contributed by atoms with Gasteiger partial charge < -0.3 is 4.57 Å². The normalized spacial score (nSPS) is 11.6. The van der Waals surface area contributed by atoms with Crippen molar-refractivity contribution < 1.29 is 0 Å². The van der Waals surface area contributed by atoms with Crippen LogP contribution in [0.5, 0.6) is 0 Å². The summed E-state index contributed by atoms with van der Waals surface area (Å²) in [4.78, 5) is 15.5. The number of hydrogen-bond acceptors (Lipinski definition) is 3. The topological polar surface area (TPSA) is 48.5 Å². The average Bonchev–Trinajstić information content (AvgIpc) is 3.80. The van der Waals surface area contributed by atoms with E-state index in [1.807, 2.05) is 6.07 Å². The summed E-state index contributed by atoms with van der Waals surface area (Å²) in [5, 5.41) is 4.80. The summed E-state index contributed by atoms with van der Waals surface area (Å²) in [7, 11) is 0. The Hall–Kier alpha value is -7.63. The molecule has 0 saturated carbocycles. The fourth-order valence-corrected chi connectivity index (χ4v) is 8.20. The molecule has 11 aromatic rings. The fraction of sp³-hybridized carbons (Fsp3) is 0. The van der Waals surface area contributed by atoms with Crippen LogP contribution in [-0.4, -0.2) is 24.1 Å². The van der Waals surface area contributed by atoms with E-state index in [2.05, 4.69) is 203 Å². The third-order valence-electron chi connectivity index (χ3n) is 10.8. The Morgan fingerprint density at radius 3 is 1.16 bits per heavy atom. The van der Waals surface area contributed by atoms with E-state index in [1.165, 1.54) is 27.4 Å². The van der Waals surface area contributed by atoms with E-state index < -0.39 is 0 Å². The maximum absolute atomic E-state index is 5.20. The van der Waals surface area contributed by atoms with E-state index in [-0.39, 0.29) is 0 Å². The third kappa shape index (κ3) is 5.21. The van der Waals surface area contributed by atoms with Gasteiger partial charge in [0, 0.05) is 38.2 Å². The van der Waals surface area contributed by atoms with Crippen molar-refractivity contribution in [2.45, 2.75) is 0 Å². The molecular weight excluding hydrogens is 683 g/mol. The Bertz CT molecular complexity index is 3120. The maximum atomic E-state index is 5.20. The molecule has 0 amide bonds. The van der Waals surface area contributed by atoms with Crippen molar-refractivity contribution in [2.24, 2.45) is 0 Å². The molecule has 0 fully saturated rings. The van der Waals surface area contributed by atoms with E-state index in [0.717, 1.165) is 55.3 Å². The van der Waals surface area contributed by atoms with Gasteiger partial charge in [-0.2, -0.15) is 9.97 Å². The molecule has 0 aliphatic heterocycles. The second-order valence-corrected chi connectivity index (χ2v) is 14.1. The number of benzene rings is 8. The number of aromatic nitrogens is 5. The highest BCUT2D eigenvalue weighted by Crippen LogP contribution is 2.37. The summed E-state index contributed by atoms with van der Waals surface area (Å²) in [5.74, 6) is 1.81. The minimum atomic E-state index is 0.579. The molecule has 5 nitrogen and oxygen atoms in total. The molecule has 0 spiro atoms. The number of para-hydroxylation sites is 5. The van der Waals surface area contributed by atoms with E-state index in [0.29, 0.717) is 17.6 Å². The van der Waals surface area contributed by atoms with Crippen LogP contribution in [0.3, 0.4) is 0 Å². The van der Waals surface area contributed by atoms with Crippen LogP contribution in [0.2, 0.25) is 0 Å². The number of nitrogens with zero attached hydrogens (tertiary/aromatic N) is 5. The van der Waals surface area contributed by atoms with Crippen molar-refractivity contribution in [1.82, 2.24) is 24.1 Å². The minimum absolute atomic E-state index is 0.579. The van der Waals surface area contributed by atoms with Crippen LogP contribution in [0.15, 0.2) is 200 Å². The van der Waals surface area contributed by atoms with Gasteiger partial charge in [0.25, 0.3) is 0 Å². The smallest absolute Gasteiger partial charge is 0.238 e.